The van der Waals surface area contributed by atoms with Gasteiger partial charge >= 0.3 is 11.7 Å². The van der Waals surface area contributed by atoms with Crippen LogP contribution in [0.3, 0.4) is 0 Å². The summed E-state index contributed by atoms with van der Waals surface area (Å²) >= 11 is 0. The Kier molecular flexibility index (Phi) is 3.86. The molecule has 0 bridgehead atoms. The predicted octanol–water partition coefficient (Wildman–Crippen LogP) is 2.13. The zero-order valence-corrected chi connectivity index (χ0v) is 13.9. The van der Waals surface area contributed by atoms with Gasteiger partial charge in [-0.1, -0.05) is 12.8 Å². The molecule has 132 valence electrons. The molecule has 7 nitrogen and oxygen atoms in total. The quantitative estimate of drug-likeness (QED) is 0.892. The molecule has 0 radical (unpaired) electrons. The summed E-state index contributed by atoms with van der Waals surface area (Å²) in [6.45, 7) is 0.452. The number of nitrogens with one attached hydrogen (secondary N) is 1. The van der Waals surface area contributed by atoms with E-state index in [1.54, 1.807) is 22.8 Å². The fourth-order valence-electron chi connectivity index (χ4n) is 4.22. The van der Waals surface area contributed by atoms with E-state index in [0.29, 0.717) is 30.5 Å². The molecule has 4 rings (SSSR count). The molecular weight excluding hydrogens is 322 g/mol. The van der Waals surface area contributed by atoms with Crippen molar-refractivity contribution in [2.24, 2.45) is 0 Å². The van der Waals surface area contributed by atoms with Gasteiger partial charge in [-0.05, 0) is 43.9 Å². The molecule has 2 N–H and O–H groups in total. The van der Waals surface area contributed by atoms with Crippen LogP contribution in [0.5, 0.6) is 0 Å². The minimum Gasteiger partial charge on any atom is -0.480 e. The SMILES string of the molecule is O=C(O)[C@H]1CCCN1C(=O)c1ccc2c(c1)[nH]c(=O)n2C1CCCC1. The van der Waals surface area contributed by atoms with Gasteiger partial charge in [-0.15, -0.1) is 0 Å². The van der Waals surface area contributed by atoms with Crippen LogP contribution in [0.1, 0.15) is 54.9 Å². The smallest absolute Gasteiger partial charge is 0.326 e. The average molecular weight is 343 g/mol. The van der Waals surface area contributed by atoms with E-state index in [1.807, 2.05) is 0 Å². The third-order valence-electron chi connectivity index (χ3n) is 5.45. The van der Waals surface area contributed by atoms with Crippen molar-refractivity contribution in [3.05, 3.63) is 34.2 Å². The molecule has 1 aromatic carbocycles. The third-order valence-corrected chi connectivity index (χ3v) is 5.45. The second kappa shape index (κ2) is 6.06. The summed E-state index contributed by atoms with van der Waals surface area (Å²) in [5.74, 6) is -1.26. The fourth-order valence-corrected chi connectivity index (χ4v) is 4.22. The first-order valence-corrected chi connectivity index (χ1v) is 8.84. The summed E-state index contributed by atoms with van der Waals surface area (Å²) in [6, 6.07) is 4.62. The van der Waals surface area contributed by atoms with Crippen LogP contribution in [0.2, 0.25) is 0 Å². The van der Waals surface area contributed by atoms with Crippen molar-refractivity contribution in [3.8, 4) is 0 Å². The number of carbonyl (C=O) groups is 2. The number of carboxylic acids is 1. The minimum atomic E-state index is -0.965. The van der Waals surface area contributed by atoms with Crippen LogP contribution in [0.15, 0.2) is 23.0 Å². The van der Waals surface area contributed by atoms with E-state index in [1.165, 1.54) is 4.90 Å². The molecule has 2 aliphatic rings. The first kappa shape index (κ1) is 15.9. The number of carboxylic acid groups (broad SMARTS) is 1. The van der Waals surface area contributed by atoms with E-state index in [4.69, 9.17) is 0 Å². The minimum absolute atomic E-state index is 0.143. The van der Waals surface area contributed by atoms with E-state index >= 15 is 0 Å². The summed E-state index contributed by atoms with van der Waals surface area (Å²) in [5.41, 5.74) is 1.72. The van der Waals surface area contributed by atoms with Gasteiger partial charge in [0.2, 0.25) is 0 Å². The summed E-state index contributed by atoms with van der Waals surface area (Å²) in [4.78, 5) is 40.6. The molecule has 7 heteroatoms. The molecule has 1 aliphatic carbocycles. The second-order valence-corrected chi connectivity index (χ2v) is 6.97. The summed E-state index contributed by atoms with van der Waals surface area (Å²) < 4.78 is 1.80. The normalized spacial score (nSPS) is 21.3. The number of aromatic nitrogens is 2. The number of nitrogens with zero attached hydrogens (tertiary/aromatic N) is 2. The molecule has 1 aliphatic heterocycles. The number of hydrogen-bond acceptors (Lipinski definition) is 3. The molecule has 2 fully saturated rings. The standard InChI is InChI=1S/C18H21N3O4/c22-16(20-9-3-6-15(20)17(23)24)11-7-8-14-13(10-11)19-18(25)21(14)12-4-1-2-5-12/h7-8,10,12,15H,1-6,9H2,(H,19,25)(H,23,24)/t15-/m1/s1. The van der Waals surface area contributed by atoms with Gasteiger partial charge in [-0.2, -0.15) is 0 Å². The van der Waals surface area contributed by atoms with E-state index in [-0.39, 0.29) is 17.6 Å². The van der Waals surface area contributed by atoms with Crippen LogP contribution < -0.4 is 5.69 Å². The molecule has 1 amide bonds. The average Bonchev–Trinajstić information content (AvgIpc) is 3.31. The number of rotatable bonds is 3. The second-order valence-electron chi connectivity index (χ2n) is 6.97. The van der Waals surface area contributed by atoms with Crippen molar-refractivity contribution in [2.45, 2.75) is 50.6 Å². The number of H-pyrrole nitrogens is 1. The van der Waals surface area contributed by atoms with Gasteiger partial charge in [0.1, 0.15) is 6.04 Å². The van der Waals surface area contributed by atoms with E-state index in [0.717, 1.165) is 31.2 Å². The van der Waals surface area contributed by atoms with Crippen LogP contribution in [-0.4, -0.2) is 44.0 Å². The zero-order chi connectivity index (χ0) is 17.6. The largest absolute Gasteiger partial charge is 0.480 e. The van der Waals surface area contributed by atoms with Crippen molar-refractivity contribution in [1.29, 1.82) is 0 Å². The first-order valence-electron chi connectivity index (χ1n) is 8.84. The lowest BCUT2D eigenvalue weighted by Crippen LogP contribution is -2.40. The molecule has 0 unspecified atom stereocenters. The highest BCUT2D eigenvalue weighted by Crippen LogP contribution is 2.31. The Labute approximate surface area is 144 Å². The van der Waals surface area contributed by atoms with Crippen molar-refractivity contribution in [1.82, 2.24) is 14.5 Å². The maximum absolute atomic E-state index is 12.7. The van der Waals surface area contributed by atoms with Gasteiger partial charge < -0.3 is 15.0 Å². The number of hydrogen-bond donors (Lipinski definition) is 2. The summed E-state index contributed by atoms with van der Waals surface area (Å²) in [7, 11) is 0. The molecule has 1 aromatic heterocycles. The Morgan fingerprint density at radius 3 is 2.60 bits per heavy atom. The maximum atomic E-state index is 12.7. The third kappa shape index (κ3) is 2.63. The number of fused-ring (bicyclic) bond motifs is 1. The molecule has 2 heterocycles. The zero-order valence-electron chi connectivity index (χ0n) is 13.9. The van der Waals surface area contributed by atoms with Gasteiger partial charge in [0, 0.05) is 18.2 Å². The molecule has 1 atom stereocenters. The molecule has 1 saturated heterocycles. The number of aromatic amines is 1. The molecule has 2 aromatic rings. The number of aliphatic carboxylic acids is 1. The van der Waals surface area contributed by atoms with Crippen LogP contribution in [-0.2, 0) is 4.79 Å². The summed E-state index contributed by atoms with van der Waals surface area (Å²) in [6.07, 6.45) is 5.44. The van der Waals surface area contributed by atoms with Gasteiger partial charge in [0.15, 0.2) is 0 Å². The number of likely N-dealkylation sites (tertiary alicyclic amines) is 1. The van der Waals surface area contributed by atoms with Gasteiger partial charge in [0.25, 0.3) is 5.91 Å². The lowest BCUT2D eigenvalue weighted by molar-refractivity contribution is -0.141. The number of amides is 1. The Morgan fingerprint density at radius 1 is 1.12 bits per heavy atom. The number of imidazole rings is 1. The Hall–Kier alpha value is -2.57. The highest BCUT2D eigenvalue weighted by Gasteiger charge is 2.34. The van der Waals surface area contributed by atoms with Crippen molar-refractivity contribution < 1.29 is 14.7 Å². The Balaban J connectivity index is 1.69. The molecule has 1 saturated carbocycles. The monoisotopic (exact) mass is 343 g/mol. The van der Waals surface area contributed by atoms with Crippen LogP contribution >= 0.6 is 0 Å². The molecule has 0 spiro atoms. The number of carbonyl (C=O) groups excluding carboxylic acids is 1. The topological polar surface area (TPSA) is 95.4 Å². The van der Waals surface area contributed by atoms with Crippen molar-refractivity contribution in [3.63, 3.8) is 0 Å². The van der Waals surface area contributed by atoms with Gasteiger partial charge in [-0.25, -0.2) is 9.59 Å². The van der Waals surface area contributed by atoms with Crippen LogP contribution in [0.25, 0.3) is 11.0 Å². The lowest BCUT2D eigenvalue weighted by Gasteiger charge is -2.21. The van der Waals surface area contributed by atoms with Crippen LogP contribution in [0.4, 0.5) is 0 Å². The number of benzene rings is 1. The molecular formula is C18H21N3O4. The predicted molar refractivity (Wildman–Crippen MR) is 91.8 cm³/mol. The van der Waals surface area contributed by atoms with Gasteiger partial charge in [-0.3, -0.25) is 9.36 Å². The van der Waals surface area contributed by atoms with E-state index in [9.17, 15) is 19.5 Å². The fraction of sp³-hybridized carbons (Fsp3) is 0.500. The van der Waals surface area contributed by atoms with E-state index < -0.39 is 12.0 Å². The highest BCUT2D eigenvalue weighted by atomic mass is 16.4. The van der Waals surface area contributed by atoms with Gasteiger partial charge in [0.05, 0.1) is 11.0 Å². The Morgan fingerprint density at radius 2 is 1.88 bits per heavy atom. The molecule has 25 heavy (non-hydrogen) atoms. The maximum Gasteiger partial charge on any atom is 0.326 e. The Bertz CT molecular complexity index is 891. The first-order chi connectivity index (χ1) is 12.1. The van der Waals surface area contributed by atoms with Crippen molar-refractivity contribution >= 4 is 22.9 Å². The summed E-state index contributed by atoms with van der Waals surface area (Å²) in [5, 5.41) is 9.27. The van der Waals surface area contributed by atoms with Crippen LogP contribution in [0, 0.1) is 0 Å². The highest BCUT2D eigenvalue weighted by molar-refractivity contribution is 5.99. The van der Waals surface area contributed by atoms with E-state index in [2.05, 4.69) is 4.98 Å². The van der Waals surface area contributed by atoms with Crippen molar-refractivity contribution in [2.75, 3.05) is 6.54 Å². The lowest BCUT2D eigenvalue weighted by atomic mass is 10.1.